The molecule has 6 heteroatoms. The number of benzene rings is 2. The van der Waals surface area contributed by atoms with E-state index in [9.17, 15) is 9.59 Å². The van der Waals surface area contributed by atoms with Crippen LogP contribution in [0.3, 0.4) is 0 Å². The summed E-state index contributed by atoms with van der Waals surface area (Å²) in [6, 6.07) is 22.4. The highest BCUT2D eigenvalue weighted by Gasteiger charge is 2.56. The molecular weight excluding hydrogens is 520 g/mol. The summed E-state index contributed by atoms with van der Waals surface area (Å²) in [5.74, 6) is 0.155. The molecule has 1 aromatic heterocycles. The maximum atomic E-state index is 14.1. The number of hydrogen-bond acceptors (Lipinski definition) is 3. The number of aromatic nitrogens is 2. The minimum atomic E-state index is -0.727. The number of aryl methyl sites for hydroxylation is 2. The third kappa shape index (κ3) is 3.54. The van der Waals surface area contributed by atoms with Crippen LogP contribution in [0.2, 0.25) is 0 Å². The van der Waals surface area contributed by atoms with Crippen molar-refractivity contribution >= 4 is 28.9 Å². The molecule has 3 aliphatic heterocycles. The summed E-state index contributed by atoms with van der Waals surface area (Å²) in [4.78, 5) is 35.6. The number of carbonyl (C=O) groups is 2. The van der Waals surface area contributed by atoms with Gasteiger partial charge < -0.3 is 4.57 Å². The fourth-order valence-electron chi connectivity index (χ4n) is 6.82. The second-order valence-corrected chi connectivity index (χ2v) is 12.8. The molecule has 0 N–H and O–H groups in total. The van der Waals surface area contributed by atoms with E-state index >= 15 is 0 Å². The fourth-order valence-corrected chi connectivity index (χ4v) is 6.82. The monoisotopic (exact) mass is 554 g/mol. The molecule has 42 heavy (non-hydrogen) atoms. The summed E-state index contributed by atoms with van der Waals surface area (Å²) in [5, 5.41) is 0. The summed E-state index contributed by atoms with van der Waals surface area (Å²) < 4.78 is 2.16. The molecule has 3 aromatic rings. The molecule has 2 amide bonds. The molecule has 1 saturated heterocycles. The summed E-state index contributed by atoms with van der Waals surface area (Å²) in [5.41, 5.74) is 8.77. The van der Waals surface area contributed by atoms with Crippen molar-refractivity contribution in [2.45, 2.75) is 53.1 Å². The Kier molecular flexibility index (Phi) is 5.55. The van der Waals surface area contributed by atoms with Crippen molar-refractivity contribution in [3.05, 3.63) is 108 Å². The zero-order chi connectivity index (χ0) is 29.6. The molecule has 1 atom stereocenters. The van der Waals surface area contributed by atoms with E-state index in [-0.39, 0.29) is 18.0 Å². The molecule has 7 rings (SSSR count). The van der Waals surface area contributed by atoms with Crippen molar-refractivity contribution in [1.82, 2.24) is 9.55 Å². The Balaban J connectivity index is 1.48. The highest BCUT2D eigenvalue weighted by molar-refractivity contribution is 6.21. The van der Waals surface area contributed by atoms with Gasteiger partial charge >= 0.3 is 0 Å². The number of rotatable bonds is 4. The number of carbonyl (C=O) groups excluding carboxylic acids is 2. The van der Waals surface area contributed by atoms with Gasteiger partial charge in [-0.15, -0.1) is 0 Å². The SMILES string of the molecule is Cc1ccc(N2C(=O)C(C)(C)c3c4ccn(C5N(c6ccc(C)cc6)C(=O)C5(C)C)cc-4c(-c4ccncc4)c32)cc1. The van der Waals surface area contributed by atoms with Crippen LogP contribution in [0.5, 0.6) is 0 Å². The summed E-state index contributed by atoms with van der Waals surface area (Å²) in [6.45, 7) is 12.2. The van der Waals surface area contributed by atoms with Gasteiger partial charge in [-0.1, -0.05) is 35.4 Å². The van der Waals surface area contributed by atoms with E-state index in [4.69, 9.17) is 0 Å². The van der Waals surface area contributed by atoms with E-state index in [1.165, 1.54) is 0 Å². The molecule has 6 nitrogen and oxygen atoms in total. The third-order valence-electron chi connectivity index (χ3n) is 9.10. The van der Waals surface area contributed by atoms with Gasteiger partial charge in [-0.25, -0.2) is 0 Å². The second-order valence-electron chi connectivity index (χ2n) is 12.8. The molecule has 4 heterocycles. The Bertz CT molecular complexity index is 1830. The van der Waals surface area contributed by atoms with Crippen LogP contribution < -0.4 is 9.80 Å². The van der Waals surface area contributed by atoms with Gasteiger partial charge in [-0.05, 0) is 101 Å². The zero-order valence-electron chi connectivity index (χ0n) is 24.8. The second kappa shape index (κ2) is 8.89. The predicted octanol–water partition coefficient (Wildman–Crippen LogP) is 7.80. The molecule has 0 spiro atoms. The van der Waals surface area contributed by atoms with E-state index in [0.29, 0.717) is 0 Å². The number of β-lactam (4-membered cyclic amide) rings is 1. The van der Waals surface area contributed by atoms with Gasteiger partial charge in [0.05, 0.1) is 16.5 Å². The van der Waals surface area contributed by atoms with E-state index in [1.54, 1.807) is 12.4 Å². The van der Waals surface area contributed by atoms with Crippen LogP contribution in [0.4, 0.5) is 17.1 Å². The normalized spacial score (nSPS) is 18.9. The number of amides is 2. The summed E-state index contributed by atoms with van der Waals surface area (Å²) in [7, 11) is 0. The largest absolute Gasteiger partial charge is 0.331 e. The van der Waals surface area contributed by atoms with Crippen LogP contribution in [-0.2, 0) is 15.0 Å². The molecule has 0 bridgehead atoms. The van der Waals surface area contributed by atoms with Gasteiger partial charge in [-0.3, -0.25) is 24.4 Å². The van der Waals surface area contributed by atoms with Crippen molar-refractivity contribution < 1.29 is 9.59 Å². The predicted molar refractivity (Wildman–Crippen MR) is 167 cm³/mol. The van der Waals surface area contributed by atoms with Crippen LogP contribution in [0.15, 0.2) is 91.5 Å². The van der Waals surface area contributed by atoms with Crippen LogP contribution in [-0.4, -0.2) is 21.4 Å². The lowest BCUT2D eigenvalue weighted by Gasteiger charge is -2.53. The van der Waals surface area contributed by atoms with E-state index in [0.717, 1.165) is 56.0 Å². The topological polar surface area (TPSA) is 58.4 Å². The highest BCUT2D eigenvalue weighted by Crippen LogP contribution is 2.59. The van der Waals surface area contributed by atoms with Gasteiger partial charge in [0, 0.05) is 47.3 Å². The first-order chi connectivity index (χ1) is 20.0. The molecule has 0 radical (unpaired) electrons. The average Bonchev–Trinajstić information content (AvgIpc) is 3.41. The quantitative estimate of drug-likeness (QED) is 0.213. The average molecular weight is 555 g/mol. The third-order valence-corrected chi connectivity index (χ3v) is 9.10. The van der Waals surface area contributed by atoms with Gasteiger partial charge in [-0.2, -0.15) is 0 Å². The lowest BCUT2D eigenvalue weighted by molar-refractivity contribution is -0.140. The van der Waals surface area contributed by atoms with E-state index in [2.05, 4.69) is 34.9 Å². The Labute approximate surface area is 246 Å². The zero-order valence-corrected chi connectivity index (χ0v) is 24.8. The molecule has 210 valence electrons. The number of nitrogens with zero attached hydrogens (tertiary/aromatic N) is 4. The Morgan fingerprint density at radius 1 is 0.714 bits per heavy atom. The van der Waals surface area contributed by atoms with Crippen LogP contribution in [0.25, 0.3) is 22.3 Å². The van der Waals surface area contributed by atoms with Crippen molar-refractivity contribution in [1.29, 1.82) is 0 Å². The van der Waals surface area contributed by atoms with E-state index in [1.807, 2.05) is 105 Å². The number of fused-ring (bicyclic) bond motifs is 3. The number of hydrogen-bond donors (Lipinski definition) is 0. The first-order valence-electron chi connectivity index (χ1n) is 14.4. The molecule has 1 fully saturated rings. The van der Waals surface area contributed by atoms with Crippen molar-refractivity contribution in [3.8, 4) is 22.3 Å². The molecule has 1 aliphatic carbocycles. The number of anilines is 3. The summed E-state index contributed by atoms with van der Waals surface area (Å²) in [6.07, 6.45) is 7.62. The Morgan fingerprint density at radius 2 is 1.31 bits per heavy atom. The van der Waals surface area contributed by atoms with Gasteiger partial charge in [0.15, 0.2) is 0 Å². The van der Waals surface area contributed by atoms with Gasteiger partial charge in [0.1, 0.15) is 6.17 Å². The van der Waals surface area contributed by atoms with Crippen LogP contribution >= 0.6 is 0 Å². The van der Waals surface area contributed by atoms with Crippen molar-refractivity contribution in [2.24, 2.45) is 5.41 Å². The molecule has 2 aromatic carbocycles. The van der Waals surface area contributed by atoms with Crippen molar-refractivity contribution in [2.75, 3.05) is 9.80 Å². The maximum Gasteiger partial charge on any atom is 0.241 e. The Hall–Kier alpha value is -4.71. The fraction of sp³-hybridized carbons (Fsp3) is 0.250. The standard InChI is InChI=1S/C36H34N4O2/c1-22-7-11-25(12-8-22)39-31-29(24-15-18-37-19-16-24)28-21-38(20-17-27(28)30(31)35(3,4)33(39)41)32-36(5,6)34(42)40(32)26-13-9-23(2)10-14-26/h7-21,32H,1-6H3. The van der Waals surface area contributed by atoms with E-state index < -0.39 is 10.8 Å². The molecular formula is C36H34N4O2. The summed E-state index contributed by atoms with van der Waals surface area (Å²) >= 11 is 0. The molecule has 0 saturated carbocycles. The lowest BCUT2D eigenvalue weighted by Crippen LogP contribution is -2.63. The number of pyridine rings is 2. The molecule has 4 aliphatic rings. The minimum absolute atomic E-state index is 0.0570. The lowest BCUT2D eigenvalue weighted by atomic mass is 9.77. The van der Waals surface area contributed by atoms with Crippen molar-refractivity contribution in [3.63, 3.8) is 0 Å². The minimum Gasteiger partial charge on any atom is -0.331 e. The maximum absolute atomic E-state index is 14.1. The van der Waals surface area contributed by atoms with Gasteiger partial charge in [0.2, 0.25) is 11.8 Å². The van der Waals surface area contributed by atoms with Crippen LogP contribution in [0.1, 0.15) is 50.6 Å². The smallest absolute Gasteiger partial charge is 0.241 e. The first-order valence-corrected chi connectivity index (χ1v) is 14.4. The highest BCUT2D eigenvalue weighted by atomic mass is 16.2. The van der Waals surface area contributed by atoms with Gasteiger partial charge in [0.25, 0.3) is 0 Å². The first kappa shape index (κ1) is 26.2. The molecule has 1 unspecified atom stereocenters. The van der Waals surface area contributed by atoms with Crippen LogP contribution in [0, 0.1) is 19.3 Å². The Morgan fingerprint density at radius 3 is 1.93 bits per heavy atom.